The van der Waals surface area contributed by atoms with Crippen LogP contribution in [0.1, 0.15) is 22.3 Å². The Kier molecular flexibility index (Phi) is 6.74. The van der Waals surface area contributed by atoms with Crippen LogP contribution in [0.2, 0.25) is 0 Å². The highest BCUT2D eigenvalue weighted by Gasteiger charge is 2.13. The Morgan fingerprint density at radius 2 is 1.71 bits per heavy atom. The molecule has 0 saturated heterocycles. The zero-order chi connectivity index (χ0) is 19.8. The van der Waals surface area contributed by atoms with E-state index in [0.717, 1.165) is 40.3 Å². The number of benzene rings is 3. The van der Waals surface area contributed by atoms with E-state index in [4.69, 9.17) is 9.47 Å². The Balaban J connectivity index is 1.81. The molecular formula is C25H27NO2. The van der Waals surface area contributed by atoms with Crippen LogP contribution in [0.25, 0.3) is 0 Å². The summed E-state index contributed by atoms with van der Waals surface area (Å²) in [7, 11) is 1.68. The Bertz CT molecular complexity index is 919. The highest BCUT2D eigenvalue weighted by Crippen LogP contribution is 2.34. The second-order valence-corrected chi connectivity index (χ2v) is 6.72. The van der Waals surface area contributed by atoms with Crippen molar-refractivity contribution in [2.45, 2.75) is 26.5 Å². The molecule has 0 atom stereocenters. The summed E-state index contributed by atoms with van der Waals surface area (Å²) in [6.45, 7) is 7.21. The first-order valence-corrected chi connectivity index (χ1v) is 9.48. The van der Waals surface area contributed by atoms with Crippen molar-refractivity contribution in [2.75, 3.05) is 12.4 Å². The zero-order valence-corrected chi connectivity index (χ0v) is 16.6. The molecule has 0 radical (unpaired) electrons. The normalized spacial score (nSPS) is 10.4. The summed E-state index contributed by atoms with van der Waals surface area (Å²) in [6.07, 6.45) is 2.61. The van der Waals surface area contributed by atoms with Crippen LogP contribution in [0, 0.1) is 6.92 Å². The summed E-state index contributed by atoms with van der Waals surface area (Å²) < 4.78 is 11.8. The fraction of sp³-hybridized carbons (Fsp3) is 0.200. The lowest BCUT2D eigenvalue weighted by Crippen LogP contribution is -2.05. The van der Waals surface area contributed by atoms with Gasteiger partial charge in [-0.2, -0.15) is 0 Å². The number of rotatable bonds is 9. The van der Waals surface area contributed by atoms with E-state index in [1.54, 1.807) is 7.11 Å². The molecule has 3 nitrogen and oxygen atoms in total. The SMILES string of the molecule is C=CCc1cc(CNc2ccccc2C)cc(OC)c1OCc1ccccc1. The number of methoxy groups -OCH3 is 1. The fourth-order valence-corrected chi connectivity index (χ4v) is 3.15. The summed E-state index contributed by atoms with van der Waals surface area (Å²) in [5.41, 5.74) is 5.70. The smallest absolute Gasteiger partial charge is 0.165 e. The second kappa shape index (κ2) is 9.65. The topological polar surface area (TPSA) is 30.5 Å². The number of hydrogen-bond acceptors (Lipinski definition) is 3. The lowest BCUT2D eigenvalue weighted by atomic mass is 10.0. The molecule has 0 amide bonds. The maximum atomic E-state index is 6.14. The molecule has 0 aliphatic carbocycles. The third-order valence-corrected chi connectivity index (χ3v) is 4.63. The van der Waals surface area contributed by atoms with Crippen molar-refractivity contribution in [2.24, 2.45) is 0 Å². The van der Waals surface area contributed by atoms with Crippen LogP contribution in [-0.4, -0.2) is 7.11 Å². The van der Waals surface area contributed by atoms with Gasteiger partial charge in [-0.15, -0.1) is 6.58 Å². The monoisotopic (exact) mass is 373 g/mol. The summed E-state index contributed by atoms with van der Waals surface area (Å²) in [5, 5.41) is 3.50. The summed E-state index contributed by atoms with van der Waals surface area (Å²) in [6, 6.07) is 22.6. The van der Waals surface area contributed by atoms with Crippen LogP contribution in [0.5, 0.6) is 11.5 Å². The van der Waals surface area contributed by atoms with Crippen LogP contribution < -0.4 is 14.8 Å². The maximum Gasteiger partial charge on any atom is 0.165 e. The molecule has 0 aliphatic rings. The van der Waals surface area contributed by atoms with Gasteiger partial charge in [0.05, 0.1) is 7.11 Å². The zero-order valence-electron chi connectivity index (χ0n) is 16.6. The predicted octanol–water partition coefficient (Wildman–Crippen LogP) is 5.92. The highest BCUT2D eigenvalue weighted by molar-refractivity contribution is 5.53. The van der Waals surface area contributed by atoms with E-state index in [1.165, 1.54) is 5.56 Å². The van der Waals surface area contributed by atoms with Crippen LogP contribution in [-0.2, 0) is 19.6 Å². The van der Waals surface area contributed by atoms with Crippen molar-refractivity contribution in [1.82, 2.24) is 0 Å². The Morgan fingerprint density at radius 3 is 2.43 bits per heavy atom. The van der Waals surface area contributed by atoms with Gasteiger partial charge in [0, 0.05) is 17.8 Å². The molecule has 1 N–H and O–H groups in total. The molecule has 0 aromatic heterocycles. The Hall–Kier alpha value is -3.20. The number of para-hydroxylation sites is 1. The van der Waals surface area contributed by atoms with Gasteiger partial charge in [0.25, 0.3) is 0 Å². The summed E-state index contributed by atoms with van der Waals surface area (Å²) >= 11 is 0. The van der Waals surface area contributed by atoms with Gasteiger partial charge < -0.3 is 14.8 Å². The van der Waals surface area contributed by atoms with Crippen molar-refractivity contribution in [3.05, 3.63) is 102 Å². The van der Waals surface area contributed by atoms with Crippen molar-refractivity contribution >= 4 is 5.69 Å². The van der Waals surface area contributed by atoms with E-state index < -0.39 is 0 Å². The number of aryl methyl sites for hydroxylation is 1. The lowest BCUT2D eigenvalue weighted by molar-refractivity contribution is 0.281. The number of anilines is 1. The van der Waals surface area contributed by atoms with Gasteiger partial charge in [0.2, 0.25) is 0 Å². The van der Waals surface area contributed by atoms with Crippen LogP contribution in [0.15, 0.2) is 79.4 Å². The molecule has 3 heteroatoms. The Morgan fingerprint density at radius 1 is 0.964 bits per heavy atom. The Labute approximate surface area is 167 Å². The molecule has 0 fully saturated rings. The molecule has 0 saturated carbocycles. The molecule has 0 aliphatic heterocycles. The molecule has 144 valence electrons. The van der Waals surface area contributed by atoms with Crippen LogP contribution in [0.3, 0.4) is 0 Å². The van der Waals surface area contributed by atoms with E-state index in [0.29, 0.717) is 13.2 Å². The van der Waals surface area contributed by atoms with Gasteiger partial charge in [-0.05, 0) is 48.2 Å². The van der Waals surface area contributed by atoms with E-state index in [9.17, 15) is 0 Å². The molecule has 3 rings (SSSR count). The van der Waals surface area contributed by atoms with Gasteiger partial charge in [0.15, 0.2) is 11.5 Å². The van der Waals surface area contributed by atoms with Gasteiger partial charge >= 0.3 is 0 Å². The summed E-state index contributed by atoms with van der Waals surface area (Å²) in [5.74, 6) is 1.53. The number of allylic oxidation sites excluding steroid dienone is 1. The average Bonchev–Trinajstić information content (AvgIpc) is 2.73. The quantitative estimate of drug-likeness (QED) is 0.472. The predicted molar refractivity (Wildman–Crippen MR) is 116 cm³/mol. The first-order valence-electron chi connectivity index (χ1n) is 9.48. The van der Waals surface area contributed by atoms with Gasteiger partial charge in [-0.1, -0.05) is 54.6 Å². The third-order valence-electron chi connectivity index (χ3n) is 4.63. The average molecular weight is 373 g/mol. The van der Waals surface area contributed by atoms with Crippen molar-refractivity contribution in [3.63, 3.8) is 0 Å². The molecule has 3 aromatic rings. The van der Waals surface area contributed by atoms with Crippen LogP contribution >= 0.6 is 0 Å². The minimum atomic E-state index is 0.502. The van der Waals surface area contributed by atoms with Crippen molar-refractivity contribution < 1.29 is 9.47 Å². The standard InChI is InChI=1S/C25H27NO2/c1-4-10-22-15-21(17-26-23-14-9-8-11-19(23)2)16-24(27-3)25(22)28-18-20-12-6-5-7-13-20/h4-9,11-16,26H,1,10,17-18H2,2-3H3. The first-order chi connectivity index (χ1) is 13.7. The fourth-order valence-electron chi connectivity index (χ4n) is 3.15. The van der Waals surface area contributed by atoms with E-state index in [2.05, 4.69) is 49.2 Å². The molecule has 0 unspecified atom stereocenters. The lowest BCUT2D eigenvalue weighted by Gasteiger charge is -2.17. The van der Waals surface area contributed by atoms with Gasteiger partial charge in [-0.3, -0.25) is 0 Å². The molecule has 0 bridgehead atoms. The minimum Gasteiger partial charge on any atom is -0.493 e. The second-order valence-electron chi connectivity index (χ2n) is 6.72. The van der Waals surface area contributed by atoms with Crippen molar-refractivity contribution in [3.8, 4) is 11.5 Å². The van der Waals surface area contributed by atoms with Crippen molar-refractivity contribution in [1.29, 1.82) is 0 Å². The van der Waals surface area contributed by atoms with E-state index in [-0.39, 0.29) is 0 Å². The molecule has 3 aromatic carbocycles. The third kappa shape index (κ3) is 4.95. The molecule has 28 heavy (non-hydrogen) atoms. The molecule has 0 heterocycles. The number of ether oxygens (including phenoxy) is 2. The molecule has 0 spiro atoms. The molecular weight excluding hydrogens is 346 g/mol. The minimum absolute atomic E-state index is 0.502. The maximum absolute atomic E-state index is 6.14. The number of nitrogens with one attached hydrogen (secondary N) is 1. The van der Waals surface area contributed by atoms with Gasteiger partial charge in [-0.25, -0.2) is 0 Å². The largest absolute Gasteiger partial charge is 0.493 e. The first kappa shape index (κ1) is 19.6. The number of hydrogen-bond donors (Lipinski definition) is 1. The van der Waals surface area contributed by atoms with Crippen LogP contribution in [0.4, 0.5) is 5.69 Å². The van der Waals surface area contributed by atoms with E-state index >= 15 is 0 Å². The van der Waals surface area contributed by atoms with Gasteiger partial charge in [0.1, 0.15) is 6.61 Å². The van der Waals surface area contributed by atoms with E-state index in [1.807, 2.05) is 42.5 Å². The summed E-state index contributed by atoms with van der Waals surface area (Å²) in [4.78, 5) is 0. The highest BCUT2D eigenvalue weighted by atomic mass is 16.5.